The number of hydrogen-bond donors (Lipinski definition) is 2. The van der Waals surface area contributed by atoms with Gasteiger partial charge in [-0.25, -0.2) is 0 Å². The van der Waals surface area contributed by atoms with Crippen LogP contribution in [0.3, 0.4) is 0 Å². The summed E-state index contributed by atoms with van der Waals surface area (Å²) in [6.07, 6.45) is 10.6. The second kappa shape index (κ2) is 6.29. The van der Waals surface area contributed by atoms with Crippen molar-refractivity contribution in [1.29, 1.82) is 0 Å². The van der Waals surface area contributed by atoms with E-state index in [2.05, 4.69) is 31.3 Å². The van der Waals surface area contributed by atoms with Crippen LogP contribution in [0.4, 0.5) is 0 Å². The Balaban J connectivity index is 2.37. The molecule has 1 saturated carbocycles. The summed E-state index contributed by atoms with van der Waals surface area (Å²) in [7, 11) is 0. The zero-order valence-corrected chi connectivity index (χ0v) is 10.3. The Morgan fingerprint density at radius 2 is 2.33 bits per heavy atom. The summed E-state index contributed by atoms with van der Waals surface area (Å²) in [4.78, 5) is 0. The third kappa shape index (κ3) is 3.96. The topological polar surface area (TPSA) is 38.0 Å². The van der Waals surface area contributed by atoms with E-state index in [0.717, 1.165) is 25.4 Å². The largest absolute Gasteiger partial charge is 0.329 e. The van der Waals surface area contributed by atoms with E-state index in [1.807, 2.05) is 0 Å². The molecule has 2 nitrogen and oxygen atoms in total. The van der Waals surface area contributed by atoms with Gasteiger partial charge in [-0.1, -0.05) is 31.9 Å². The van der Waals surface area contributed by atoms with Crippen molar-refractivity contribution in [3.63, 3.8) is 0 Å². The third-order valence-corrected chi connectivity index (χ3v) is 3.53. The van der Waals surface area contributed by atoms with Crippen molar-refractivity contribution in [2.24, 2.45) is 11.7 Å². The molecule has 1 aliphatic rings. The molecule has 0 aromatic carbocycles. The number of nitrogens with two attached hydrogens (primary N) is 1. The minimum absolute atomic E-state index is 0.235. The molecular formula is C13H26N2. The Labute approximate surface area is 94.3 Å². The van der Waals surface area contributed by atoms with Crippen LogP contribution in [0.15, 0.2) is 12.2 Å². The predicted molar refractivity (Wildman–Crippen MR) is 66.9 cm³/mol. The summed E-state index contributed by atoms with van der Waals surface area (Å²) in [5.74, 6) is 0.830. The highest BCUT2D eigenvalue weighted by molar-refractivity contribution is 4.94. The van der Waals surface area contributed by atoms with Crippen LogP contribution >= 0.6 is 0 Å². The van der Waals surface area contributed by atoms with Gasteiger partial charge in [-0.05, 0) is 38.6 Å². The van der Waals surface area contributed by atoms with Crippen LogP contribution < -0.4 is 11.1 Å². The highest BCUT2D eigenvalue weighted by atomic mass is 15.0. The Morgan fingerprint density at radius 1 is 1.53 bits per heavy atom. The maximum atomic E-state index is 5.93. The van der Waals surface area contributed by atoms with Crippen molar-refractivity contribution in [1.82, 2.24) is 5.32 Å². The minimum Gasteiger partial charge on any atom is -0.329 e. The highest BCUT2D eigenvalue weighted by Gasteiger charge is 2.32. The van der Waals surface area contributed by atoms with Crippen LogP contribution in [0.2, 0.25) is 0 Å². The average Bonchev–Trinajstić information content (AvgIpc) is 2.25. The summed E-state index contributed by atoms with van der Waals surface area (Å²) in [6.45, 7) is 6.26. The van der Waals surface area contributed by atoms with Gasteiger partial charge in [0.25, 0.3) is 0 Å². The molecule has 2 heteroatoms. The molecule has 15 heavy (non-hydrogen) atoms. The first kappa shape index (κ1) is 12.7. The van der Waals surface area contributed by atoms with E-state index in [1.165, 1.54) is 25.7 Å². The normalized spacial score (nSPS) is 32.3. The van der Waals surface area contributed by atoms with E-state index in [-0.39, 0.29) is 5.54 Å². The van der Waals surface area contributed by atoms with Gasteiger partial charge >= 0.3 is 0 Å². The number of hydrogen-bond acceptors (Lipinski definition) is 2. The average molecular weight is 210 g/mol. The number of nitrogens with one attached hydrogen (secondary N) is 1. The SMILES string of the molecule is C/C=C/CCNC1(CN)CCCC(C)C1. The Morgan fingerprint density at radius 3 is 2.93 bits per heavy atom. The molecule has 0 spiro atoms. The molecule has 1 aliphatic carbocycles. The zero-order valence-electron chi connectivity index (χ0n) is 10.3. The lowest BCUT2D eigenvalue weighted by atomic mass is 9.76. The Bertz CT molecular complexity index is 201. The summed E-state index contributed by atoms with van der Waals surface area (Å²) >= 11 is 0. The standard InChI is InChI=1S/C13H26N2/c1-3-4-5-9-15-13(11-14)8-6-7-12(2)10-13/h3-4,12,15H,5-11,14H2,1-2H3/b4-3+. The lowest BCUT2D eigenvalue weighted by Gasteiger charge is -2.40. The van der Waals surface area contributed by atoms with Crippen molar-refractivity contribution in [3.8, 4) is 0 Å². The molecule has 2 unspecified atom stereocenters. The molecule has 0 heterocycles. The summed E-state index contributed by atoms with van der Waals surface area (Å²) < 4.78 is 0. The van der Waals surface area contributed by atoms with E-state index in [9.17, 15) is 0 Å². The molecule has 3 N–H and O–H groups in total. The molecule has 0 bridgehead atoms. The summed E-state index contributed by atoms with van der Waals surface area (Å²) in [5.41, 5.74) is 6.17. The molecule has 1 fully saturated rings. The van der Waals surface area contributed by atoms with Gasteiger partial charge in [0.2, 0.25) is 0 Å². The Hall–Kier alpha value is -0.340. The molecule has 1 rings (SSSR count). The van der Waals surface area contributed by atoms with Gasteiger partial charge < -0.3 is 11.1 Å². The van der Waals surface area contributed by atoms with Crippen molar-refractivity contribution in [3.05, 3.63) is 12.2 Å². The van der Waals surface area contributed by atoms with Crippen LogP contribution in [0.1, 0.15) is 46.0 Å². The molecular weight excluding hydrogens is 184 g/mol. The van der Waals surface area contributed by atoms with Crippen molar-refractivity contribution < 1.29 is 0 Å². The fourth-order valence-electron chi connectivity index (χ4n) is 2.67. The fraction of sp³-hybridized carbons (Fsp3) is 0.846. The van der Waals surface area contributed by atoms with Gasteiger partial charge in [0.05, 0.1) is 0 Å². The molecule has 0 radical (unpaired) electrons. The molecule has 88 valence electrons. The monoisotopic (exact) mass is 210 g/mol. The number of allylic oxidation sites excluding steroid dienone is 1. The lowest BCUT2D eigenvalue weighted by Crippen LogP contribution is -2.54. The maximum Gasteiger partial charge on any atom is 0.0306 e. The van der Waals surface area contributed by atoms with E-state index in [4.69, 9.17) is 5.73 Å². The van der Waals surface area contributed by atoms with Crippen molar-refractivity contribution >= 4 is 0 Å². The first-order valence-corrected chi connectivity index (χ1v) is 6.29. The van der Waals surface area contributed by atoms with Crippen molar-refractivity contribution in [2.75, 3.05) is 13.1 Å². The maximum absolute atomic E-state index is 5.93. The van der Waals surface area contributed by atoms with Crippen LogP contribution in [0, 0.1) is 5.92 Å². The third-order valence-electron chi connectivity index (χ3n) is 3.53. The van der Waals surface area contributed by atoms with Crippen molar-refractivity contribution in [2.45, 2.75) is 51.5 Å². The van der Waals surface area contributed by atoms with E-state index >= 15 is 0 Å². The molecule has 2 atom stereocenters. The van der Waals surface area contributed by atoms with Gasteiger partial charge in [0.1, 0.15) is 0 Å². The molecule has 0 aromatic rings. The van der Waals surface area contributed by atoms with E-state index in [1.54, 1.807) is 0 Å². The van der Waals surface area contributed by atoms with Crippen LogP contribution in [-0.4, -0.2) is 18.6 Å². The van der Waals surface area contributed by atoms with E-state index in [0.29, 0.717) is 0 Å². The minimum atomic E-state index is 0.235. The van der Waals surface area contributed by atoms with Gasteiger partial charge in [-0.2, -0.15) is 0 Å². The van der Waals surface area contributed by atoms with Crippen LogP contribution in [0.5, 0.6) is 0 Å². The second-order valence-corrected chi connectivity index (χ2v) is 4.97. The zero-order chi connectivity index (χ0) is 11.1. The molecule has 0 aliphatic heterocycles. The van der Waals surface area contributed by atoms with Gasteiger partial charge in [-0.3, -0.25) is 0 Å². The lowest BCUT2D eigenvalue weighted by molar-refractivity contribution is 0.195. The number of rotatable bonds is 5. The van der Waals surface area contributed by atoms with Gasteiger partial charge in [0, 0.05) is 12.1 Å². The molecule has 0 amide bonds. The predicted octanol–water partition coefficient (Wildman–Crippen LogP) is 2.45. The second-order valence-electron chi connectivity index (χ2n) is 4.97. The van der Waals surface area contributed by atoms with Gasteiger partial charge in [0.15, 0.2) is 0 Å². The van der Waals surface area contributed by atoms with Crippen LogP contribution in [-0.2, 0) is 0 Å². The molecule has 0 aromatic heterocycles. The smallest absolute Gasteiger partial charge is 0.0306 e. The first-order valence-electron chi connectivity index (χ1n) is 6.29. The highest BCUT2D eigenvalue weighted by Crippen LogP contribution is 2.31. The van der Waals surface area contributed by atoms with Gasteiger partial charge in [-0.15, -0.1) is 0 Å². The molecule has 0 saturated heterocycles. The quantitative estimate of drug-likeness (QED) is 0.540. The summed E-state index contributed by atoms with van der Waals surface area (Å²) in [6, 6.07) is 0. The summed E-state index contributed by atoms with van der Waals surface area (Å²) in [5, 5.41) is 3.67. The fourth-order valence-corrected chi connectivity index (χ4v) is 2.67. The first-order chi connectivity index (χ1) is 7.22. The van der Waals surface area contributed by atoms with Crippen LogP contribution in [0.25, 0.3) is 0 Å². The Kier molecular flexibility index (Phi) is 5.34. The van der Waals surface area contributed by atoms with E-state index < -0.39 is 0 Å².